The lowest BCUT2D eigenvalue weighted by Gasteiger charge is -2.16. The molecule has 3 heterocycles. The maximum absolute atomic E-state index is 12.5. The number of halogens is 1. The smallest absolute Gasteiger partial charge is 0.309 e. The SMILES string of the molecule is CCOP(=O)(CCCCc1ccc(-c2ccc(-c3ccc(Br)s3)s2)s1)OCC. The van der Waals surface area contributed by atoms with Crippen LogP contribution in [0.1, 0.15) is 31.6 Å². The van der Waals surface area contributed by atoms with Crippen LogP contribution in [0.3, 0.4) is 0 Å². The van der Waals surface area contributed by atoms with E-state index in [9.17, 15) is 4.57 Å². The van der Waals surface area contributed by atoms with Gasteiger partial charge in [-0.3, -0.25) is 4.57 Å². The third kappa shape index (κ3) is 6.11. The second-order valence-electron chi connectivity index (χ2n) is 6.16. The lowest BCUT2D eigenvalue weighted by molar-refractivity contribution is 0.219. The van der Waals surface area contributed by atoms with Gasteiger partial charge < -0.3 is 9.05 Å². The summed E-state index contributed by atoms with van der Waals surface area (Å²) in [6.45, 7) is 4.56. The molecule has 0 N–H and O–H groups in total. The Bertz CT molecular complexity index is 921. The predicted octanol–water partition coefficient (Wildman–Crippen LogP) is 8.56. The number of unbranched alkanes of at least 4 members (excludes halogenated alkanes) is 1. The number of rotatable bonds is 11. The van der Waals surface area contributed by atoms with Gasteiger partial charge in [0.05, 0.1) is 23.2 Å². The Hall–Kier alpha value is -0.270. The highest BCUT2D eigenvalue weighted by Gasteiger charge is 2.22. The maximum Gasteiger partial charge on any atom is 0.330 e. The monoisotopic (exact) mass is 518 g/mol. The fourth-order valence-corrected chi connectivity index (χ4v) is 8.21. The first-order valence-electron chi connectivity index (χ1n) is 9.35. The molecule has 0 spiro atoms. The molecule has 3 aromatic heterocycles. The Morgan fingerprint density at radius 1 is 0.821 bits per heavy atom. The van der Waals surface area contributed by atoms with E-state index >= 15 is 0 Å². The maximum atomic E-state index is 12.5. The van der Waals surface area contributed by atoms with E-state index in [1.165, 1.54) is 24.4 Å². The molecule has 0 fully saturated rings. The predicted molar refractivity (Wildman–Crippen MR) is 127 cm³/mol. The molecule has 0 radical (unpaired) electrons. The highest BCUT2D eigenvalue weighted by molar-refractivity contribution is 9.11. The van der Waals surface area contributed by atoms with E-state index < -0.39 is 7.60 Å². The molecule has 0 bridgehead atoms. The van der Waals surface area contributed by atoms with Gasteiger partial charge in [-0.2, -0.15) is 0 Å². The van der Waals surface area contributed by atoms with Gasteiger partial charge in [-0.15, -0.1) is 34.0 Å². The highest BCUT2D eigenvalue weighted by atomic mass is 79.9. The van der Waals surface area contributed by atoms with Crippen LogP contribution < -0.4 is 0 Å². The molecule has 0 aliphatic rings. The summed E-state index contributed by atoms with van der Waals surface area (Å²) in [5, 5.41) is 0. The van der Waals surface area contributed by atoms with Gasteiger partial charge in [0.2, 0.25) is 0 Å². The van der Waals surface area contributed by atoms with E-state index in [-0.39, 0.29) is 0 Å². The average Bonchev–Trinajstić information content (AvgIpc) is 3.39. The van der Waals surface area contributed by atoms with E-state index in [1.807, 2.05) is 36.5 Å². The van der Waals surface area contributed by atoms with Gasteiger partial charge >= 0.3 is 7.60 Å². The number of hydrogen-bond acceptors (Lipinski definition) is 6. The third-order valence-electron chi connectivity index (χ3n) is 4.08. The molecule has 3 nitrogen and oxygen atoms in total. The standard InChI is InChI=1S/C20H24BrO3PS3/c1-3-23-25(22,24-4-2)14-6-5-7-15-8-9-16(26-15)17-10-11-18(27-17)19-12-13-20(21)28-19/h8-13H,3-7,14H2,1-2H3. The summed E-state index contributed by atoms with van der Waals surface area (Å²) in [5.74, 6) is 0. The van der Waals surface area contributed by atoms with Crippen LogP contribution in [-0.4, -0.2) is 19.4 Å². The summed E-state index contributed by atoms with van der Waals surface area (Å²) in [5.41, 5.74) is 0. The summed E-state index contributed by atoms with van der Waals surface area (Å²) in [4.78, 5) is 6.60. The topological polar surface area (TPSA) is 35.5 Å². The molecule has 0 aliphatic heterocycles. The van der Waals surface area contributed by atoms with Crippen LogP contribution in [-0.2, 0) is 20.0 Å². The zero-order chi connectivity index (χ0) is 20.0. The third-order valence-corrected chi connectivity index (χ3v) is 10.5. The van der Waals surface area contributed by atoms with Crippen molar-refractivity contribution < 1.29 is 13.6 Å². The zero-order valence-electron chi connectivity index (χ0n) is 16.0. The molecule has 0 amide bonds. The lowest BCUT2D eigenvalue weighted by atomic mass is 10.2. The molecule has 8 heteroatoms. The van der Waals surface area contributed by atoms with Gasteiger partial charge in [0, 0.05) is 24.4 Å². The summed E-state index contributed by atoms with van der Waals surface area (Å²) in [7, 11) is -2.91. The van der Waals surface area contributed by atoms with Crippen LogP contribution in [0.15, 0.2) is 40.2 Å². The van der Waals surface area contributed by atoms with Crippen molar-refractivity contribution in [3.05, 3.63) is 45.1 Å². The summed E-state index contributed by atoms with van der Waals surface area (Å²) in [6.07, 6.45) is 3.33. The van der Waals surface area contributed by atoms with E-state index in [2.05, 4.69) is 52.3 Å². The van der Waals surface area contributed by atoms with Crippen molar-refractivity contribution in [2.24, 2.45) is 0 Å². The molecule has 28 heavy (non-hydrogen) atoms. The van der Waals surface area contributed by atoms with Gasteiger partial charge in [0.25, 0.3) is 0 Å². The van der Waals surface area contributed by atoms with Crippen molar-refractivity contribution in [3.63, 3.8) is 0 Å². The Balaban J connectivity index is 1.53. The molecular weight excluding hydrogens is 495 g/mol. The minimum absolute atomic E-state index is 0.427. The van der Waals surface area contributed by atoms with Crippen molar-refractivity contribution in [2.75, 3.05) is 19.4 Å². The van der Waals surface area contributed by atoms with Gasteiger partial charge in [-0.1, -0.05) is 0 Å². The number of hydrogen-bond donors (Lipinski definition) is 0. The molecule has 0 aromatic carbocycles. The Labute approximate surface area is 187 Å². The fraction of sp³-hybridized carbons (Fsp3) is 0.400. The molecule has 0 saturated carbocycles. The fourth-order valence-electron chi connectivity index (χ4n) is 2.86. The van der Waals surface area contributed by atoms with E-state index in [0.29, 0.717) is 19.4 Å². The molecule has 3 rings (SSSR count). The van der Waals surface area contributed by atoms with E-state index in [1.54, 1.807) is 11.3 Å². The molecule has 0 atom stereocenters. The first-order valence-corrected chi connectivity index (χ1v) is 14.3. The molecule has 0 unspecified atom stereocenters. The van der Waals surface area contributed by atoms with Crippen molar-refractivity contribution in [2.45, 2.75) is 33.1 Å². The Kier molecular flexibility index (Phi) is 8.54. The van der Waals surface area contributed by atoms with Crippen molar-refractivity contribution in [1.29, 1.82) is 0 Å². The Morgan fingerprint density at radius 3 is 2.00 bits per heavy atom. The van der Waals surface area contributed by atoms with Gasteiger partial charge in [0.15, 0.2) is 0 Å². The quantitative estimate of drug-likeness (QED) is 0.188. The molecule has 0 aliphatic carbocycles. The second-order valence-corrected chi connectivity index (χ2v) is 13.1. The minimum atomic E-state index is -2.91. The van der Waals surface area contributed by atoms with Crippen LogP contribution in [0.25, 0.3) is 19.5 Å². The van der Waals surface area contributed by atoms with Crippen molar-refractivity contribution in [3.8, 4) is 19.5 Å². The molecular formula is C20H24BrO3PS3. The number of thiophene rings is 3. The van der Waals surface area contributed by atoms with Crippen LogP contribution in [0.5, 0.6) is 0 Å². The van der Waals surface area contributed by atoms with E-state index in [4.69, 9.17) is 9.05 Å². The van der Waals surface area contributed by atoms with Crippen LogP contribution in [0.4, 0.5) is 0 Å². The highest BCUT2D eigenvalue weighted by Crippen LogP contribution is 2.48. The molecule has 0 saturated heterocycles. The van der Waals surface area contributed by atoms with Gasteiger partial charge in [-0.05, 0) is 85.4 Å². The second kappa shape index (κ2) is 10.7. The van der Waals surface area contributed by atoms with Crippen LogP contribution in [0, 0.1) is 0 Å². The zero-order valence-corrected chi connectivity index (χ0v) is 20.9. The van der Waals surface area contributed by atoms with Gasteiger partial charge in [-0.25, -0.2) is 0 Å². The van der Waals surface area contributed by atoms with Gasteiger partial charge in [0.1, 0.15) is 0 Å². The summed E-state index contributed by atoms with van der Waals surface area (Å²) in [6, 6.07) is 13.1. The largest absolute Gasteiger partial charge is 0.330 e. The van der Waals surface area contributed by atoms with Crippen LogP contribution in [0.2, 0.25) is 0 Å². The van der Waals surface area contributed by atoms with E-state index in [0.717, 1.165) is 23.0 Å². The lowest BCUT2D eigenvalue weighted by Crippen LogP contribution is -2.00. The first-order chi connectivity index (χ1) is 13.5. The molecule has 3 aromatic rings. The molecule has 152 valence electrons. The summed E-state index contributed by atoms with van der Waals surface area (Å²) >= 11 is 8.99. The first kappa shape index (κ1) is 22.4. The van der Waals surface area contributed by atoms with Crippen molar-refractivity contribution >= 4 is 57.5 Å². The normalized spacial score (nSPS) is 12.0. The number of aryl methyl sites for hydroxylation is 1. The van der Waals surface area contributed by atoms with Crippen molar-refractivity contribution in [1.82, 2.24) is 0 Å². The van der Waals surface area contributed by atoms with Crippen LogP contribution >= 0.6 is 57.5 Å². The summed E-state index contributed by atoms with van der Waals surface area (Å²) < 4.78 is 24.4. The average molecular weight is 519 g/mol. The Morgan fingerprint density at radius 2 is 1.39 bits per heavy atom. The minimum Gasteiger partial charge on any atom is -0.309 e.